The molecule has 0 spiro atoms. The van der Waals surface area contributed by atoms with E-state index < -0.39 is 5.82 Å². The highest BCUT2D eigenvalue weighted by atomic mass is 35.5. The summed E-state index contributed by atoms with van der Waals surface area (Å²) in [6, 6.07) is 7.76. The van der Waals surface area contributed by atoms with E-state index >= 15 is 0 Å². The number of benzene rings is 1. The molecule has 128 valence electrons. The number of carbonyl (C=O) groups excluding carboxylic acids is 1. The normalized spacial score (nSPS) is 10.7. The smallest absolute Gasteiger partial charge is 0.234 e. The van der Waals surface area contributed by atoms with E-state index in [4.69, 9.17) is 11.6 Å². The second-order valence-corrected chi connectivity index (χ2v) is 6.45. The first-order chi connectivity index (χ1) is 12.0. The first kappa shape index (κ1) is 17.4. The van der Waals surface area contributed by atoms with Crippen LogP contribution in [-0.2, 0) is 11.8 Å². The van der Waals surface area contributed by atoms with Crippen LogP contribution in [0.3, 0.4) is 0 Å². The van der Waals surface area contributed by atoms with Gasteiger partial charge in [0.15, 0.2) is 11.0 Å². The van der Waals surface area contributed by atoms with E-state index in [9.17, 15) is 9.18 Å². The molecule has 0 aliphatic heterocycles. The number of aromatic nitrogens is 4. The van der Waals surface area contributed by atoms with E-state index in [-0.39, 0.29) is 22.4 Å². The van der Waals surface area contributed by atoms with Crippen LogP contribution in [0.25, 0.3) is 11.4 Å². The highest BCUT2D eigenvalue weighted by Gasteiger charge is 2.14. The molecule has 0 atom stereocenters. The maximum atomic E-state index is 13.7. The van der Waals surface area contributed by atoms with Crippen LogP contribution in [0.2, 0.25) is 5.02 Å². The van der Waals surface area contributed by atoms with E-state index in [0.29, 0.717) is 11.0 Å². The van der Waals surface area contributed by atoms with Crippen LogP contribution < -0.4 is 5.32 Å². The molecule has 1 N–H and O–H groups in total. The summed E-state index contributed by atoms with van der Waals surface area (Å²) in [4.78, 5) is 16.1. The first-order valence-electron chi connectivity index (χ1n) is 7.22. The number of halogens is 2. The second-order valence-electron chi connectivity index (χ2n) is 5.07. The third kappa shape index (κ3) is 4.15. The van der Waals surface area contributed by atoms with Crippen molar-refractivity contribution in [2.75, 3.05) is 11.1 Å². The van der Waals surface area contributed by atoms with Crippen LogP contribution in [0.15, 0.2) is 47.9 Å². The Hall–Kier alpha value is -2.45. The number of rotatable bonds is 5. The van der Waals surface area contributed by atoms with Crippen LogP contribution in [-0.4, -0.2) is 31.4 Å². The summed E-state index contributed by atoms with van der Waals surface area (Å²) in [5.41, 5.74) is 0.918. The fourth-order valence-electron chi connectivity index (χ4n) is 2.09. The van der Waals surface area contributed by atoms with Gasteiger partial charge in [-0.25, -0.2) is 4.39 Å². The molecule has 1 aromatic carbocycles. The zero-order chi connectivity index (χ0) is 17.8. The summed E-state index contributed by atoms with van der Waals surface area (Å²) < 4.78 is 15.5. The maximum absolute atomic E-state index is 13.7. The van der Waals surface area contributed by atoms with Crippen molar-refractivity contribution in [2.24, 2.45) is 7.05 Å². The Kier molecular flexibility index (Phi) is 5.30. The standard InChI is InChI=1S/C16H13ClFN5OS/c1-23-15(10-3-2-6-19-8-10)21-22-16(23)25-9-14(24)20-13-5-4-11(17)7-12(13)18/h2-8H,9H2,1H3,(H,20,24). The molecule has 3 rings (SSSR count). The number of carbonyl (C=O) groups is 1. The number of nitrogens with one attached hydrogen (secondary N) is 1. The van der Waals surface area contributed by atoms with Crippen molar-refractivity contribution in [3.8, 4) is 11.4 Å². The van der Waals surface area contributed by atoms with Crippen molar-refractivity contribution in [3.05, 3.63) is 53.6 Å². The van der Waals surface area contributed by atoms with E-state index in [1.165, 1.54) is 23.9 Å². The molecular weight excluding hydrogens is 365 g/mol. The average molecular weight is 378 g/mol. The monoisotopic (exact) mass is 377 g/mol. The summed E-state index contributed by atoms with van der Waals surface area (Å²) in [6.45, 7) is 0. The number of thioether (sulfide) groups is 1. The predicted octanol–water partition coefficient (Wildman–Crippen LogP) is 3.40. The van der Waals surface area contributed by atoms with Crippen LogP contribution in [0.5, 0.6) is 0 Å². The molecule has 3 aromatic rings. The predicted molar refractivity (Wildman–Crippen MR) is 95.0 cm³/mol. The van der Waals surface area contributed by atoms with Gasteiger partial charge in [-0.3, -0.25) is 9.78 Å². The summed E-state index contributed by atoms with van der Waals surface area (Å²) >= 11 is 6.89. The minimum atomic E-state index is -0.580. The van der Waals surface area contributed by atoms with E-state index in [2.05, 4.69) is 20.5 Å². The lowest BCUT2D eigenvalue weighted by Crippen LogP contribution is -2.15. The zero-order valence-electron chi connectivity index (χ0n) is 13.1. The lowest BCUT2D eigenvalue weighted by Gasteiger charge is -2.07. The molecule has 6 nitrogen and oxygen atoms in total. The van der Waals surface area contributed by atoms with Gasteiger partial charge in [0.25, 0.3) is 0 Å². The molecule has 1 amide bonds. The molecule has 0 saturated carbocycles. The molecule has 9 heteroatoms. The number of anilines is 1. The van der Waals surface area contributed by atoms with Gasteiger partial charge in [0, 0.05) is 30.0 Å². The lowest BCUT2D eigenvalue weighted by atomic mass is 10.3. The zero-order valence-corrected chi connectivity index (χ0v) is 14.7. The Morgan fingerprint density at radius 3 is 2.92 bits per heavy atom. The van der Waals surface area contributed by atoms with E-state index in [1.54, 1.807) is 24.0 Å². The molecular formula is C16H13ClFN5OS. The Morgan fingerprint density at radius 1 is 1.36 bits per heavy atom. The Balaban J connectivity index is 1.64. The molecule has 25 heavy (non-hydrogen) atoms. The molecule has 0 fully saturated rings. The fourth-order valence-corrected chi connectivity index (χ4v) is 2.96. The van der Waals surface area contributed by atoms with Crippen LogP contribution in [0.1, 0.15) is 0 Å². The minimum Gasteiger partial charge on any atom is -0.323 e. The molecule has 0 aliphatic carbocycles. The highest BCUT2D eigenvalue weighted by Crippen LogP contribution is 2.23. The Morgan fingerprint density at radius 2 is 2.20 bits per heavy atom. The van der Waals surface area contributed by atoms with Gasteiger partial charge >= 0.3 is 0 Å². The van der Waals surface area contributed by atoms with E-state index in [0.717, 1.165) is 11.6 Å². The molecule has 2 aromatic heterocycles. The third-order valence-corrected chi connectivity index (χ3v) is 4.55. The summed E-state index contributed by atoms with van der Waals surface area (Å²) in [6.07, 6.45) is 3.37. The molecule has 2 heterocycles. The van der Waals surface area contributed by atoms with Crippen molar-refractivity contribution in [1.29, 1.82) is 0 Å². The minimum absolute atomic E-state index is 0.0705. The molecule has 0 aliphatic rings. The van der Waals surface area contributed by atoms with Gasteiger partial charge in [-0.2, -0.15) is 0 Å². The summed E-state index contributed by atoms with van der Waals surface area (Å²) in [5.74, 6) is -0.207. The van der Waals surface area contributed by atoms with Crippen LogP contribution in [0, 0.1) is 5.82 Å². The highest BCUT2D eigenvalue weighted by molar-refractivity contribution is 7.99. The third-order valence-electron chi connectivity index (χ3n) is 3.29. The number of hydrogen-bond donors (Lipinski definition) is 1. The van der Waals surface area contributed by atoms with Gasteiger partial charge in [-0.05, 0) is 30.3 Å². The lowest BCUT2D eigenvalue weighted by molar-refractivity contribution is -0.113. The summed E-state index contributed by atoms with van der Waals surface area (Å²) in [7, 11) is 1.81. The largest absolute Gasteiger partial charge is 0.323 e. The van der Waals surface area contributed by atoms with Gasteiger partial charge in [-0.1, -0.05) is 23.4 Å². The fraction of sp³-hybridized carbons (Fsp3) is 0.125. The molecule has 0 radical (unpaired) electrons. The van der Waals surface area contributed by atoms with Crippen molar-refractivity contribution in [1.82, 2.24) is 19.7 Å². The van der Waals surface area contributed by atoms with Crippen LogP contribution >= 0.6 is 23.4 Å². The SMILES string of the molecule is Cn1c(SCC(=O)Nc2ccc(Cl)cc2F)nnc1-c1cccnc1. The van der Waals surface area contributed by atoms with Gasteiger partial charge in [0.2, 0.25) is 5.91 Å². The van der Waals surface area contributed by atoms with Crippen molar-refractivity contribution in [3.63, 3.8) is 0 Å². The number of pyridine rings is 1. The summed E-state index contributed by atoms with van der Waals surface area (Å²) in [5, 5.41) is 11.5. The van der Waals surface area contributed by atoms with Gasteiger partial charge in [0.05, 0.1) is 11.4 Å². The average Bonchev–Trinajstić information content (AvgIpc) is 2.97. The molecule has 0 unspecified atom stereocenters. The van der Waals surface area contributed by atoms with Crippen molar-refractivity contribution < 1.29 is 9.18 Å². The number of nitrogens with zero attached hydrogens (tertiary/aromatic N) is 4. The van der Waals surface area contributed by atoms with Crippen molar-refractivity contribution >= 4 is 35.0 Å². The molecule has 0 bridgehead atoms. The molecule has 0 saturated heterocycles. The van der Waals surface area contributed by atoms with Crippen LogP contribution in [0.4, 0.5) is 10.1 Å². The van der Waals surface area contributed by atoms with Gasteiger partial charge < -0.3 is 9.88 Å². The quantitative estimate of drug-likeness (QED) is 0.690. The first-order valence-corrected chi connectivity index (χ1v) is 8.58. The maximum Gasteiger partial charge on any atom is 0.234 e. The van der Waals surface area contributed by atoms with Gasteiger partial charge in [0.1, 0.15) is 5.82 Å². The number of hydrogen-bond acceptors (Lipinski definition) is 5. The van der Waals surface area contributed by atoms with E-state index in [1.807, 2.05) is 12.1 Å². The van der Waals surface area contributed by atoms with Gasteiger partial charge in [-0.15, -0.1) is 10.2 Å². The topological polar surface area (TPSA) is 72.7 Å². The number of amides is 1. The Bertz CT molecular complexity index is 903. The second kappa shape index (κ2) is 7.62. The Labute approximate surface area is 152 Å². The van der Waals surface area contributed by atoms with Crippen molar-refractivity contribution in [2.45, 2.75) is 5.16 Å².